The summed E-state index contributed by atoms with van der Waals surface area (Å²) in [6.07, 6.45) is 11.6. The minimum Gasteiger partial charge on any atom is -0.388 e. The van der Waals surface area contributed by atoms with Crippen molar-refractivity contribution in [3.05, 3.63) is 47.6 Å². The van der Waals surface area contributed by atoms with E-state index in [1.165, 1.54) is 11.1 Å². The number of aliphatic hydroxyl groups excluding tert-OH is 1. The Balaban J connectivity index is 2.55. The van der Waals surface area contributed by atoms with E-state index in [4.69, 9.17) is 0 Å². The summed E-state index contributed by atoms with van der Waals surface area (Å²) >= 11 is 0. The van der Waals surface area contributed by atoms with Crippen LogP contribution in [0.25, 0.3) is 0 Å². The maximum absolute atomic E-state index is 9.93. The van der Waals surface area contributed by atoms with Crippen LogP contribution in [-0.4, -0.2) is 11.2 Å². The lowest BCUT2D eigenvalue weighted by molar-refractivity contribution is 0.129. The van der Waals surface area contributed by atoms with Crippen molar-refractivity contribution in [2.45, 2.75) is 20.0 Å². The average molecular weight is 174 g/mol. The van der Waals surface area contributed by atoms with Gasteiger partial charge in [0.2, 0.25) is 0 Å². The van der Waals surface area contributed by atoms with Gasteiger partial charge in [0.1, 0.15) is 0 Å². The molecule has 0 spiro atoms. The fraction of sp³-hybridized carbons (Fsp3) is 0.333. The zero-order valence-electron chi connectivity index (χ0n) is 7.99. The van der Waals surface area contributed by atoms with Crippen LogP contribution < -0.4 is 0 Å². The molecule has 0 aromatic carbocycles. The second kappa shape index (κ2) is 2.71. The molecule has 0 fully saturated rings. The van der Waals surface area contributed by atoms with Crippen LogP contribution in [0, 0.1) is 5.41 Å². The highest BCUT2D eigenvalue weighted by Gasteiger charge is 2.38. The van der Waals surface area contributed by atoms with Gasteiger partial charge in [0.25, 0.3) is 0 Å². The lowest BCUT2D eigenvalue weighted by atomic mass is 9.67. The number of allylic oxidation sites excluding steroid dienone is 5. The molecule has 0 bridgehead atoms. The Morgan fingerprint density at radius 1 is 1.31 bits per heavy atom. The molecule has 2 atom stereocenters. The van der Waals surface area contributed by atoms with Gasteiger partial charge in [0.15, 0.2) is 0 Å². The summed E-state index contributed by atoms with van der Waals surface area (Å²) in [5, 5.41) is 9.93. The molecular weight excluding hydrogens is 160 g/mol. The molecule has 2 rings (SSSR count). The van der Waals surface area contributed by atoms with E-state index < -0.39 is 6.10 Å². The quantitative estimate of drug-likeness (QED) is 0.597. The Labute approximate surface area is 78.8 Å². The van der Waals surface area contributed by atoms with E-state index in [1.807, 2.05) is 18.2 Å². The average Bonchev–Trinajstić information content (AvgIpc) is 2.10. The van der Waals surface area contributed by atoms with Crippen molar-refractivity contribution in [1.82, 2.24) is 0 Å². The lowest BCUT2D eigenvalue weighted by Gasteiger charge is -2.39. The van der Waals surface area contributed by atoms with Gasteiger partial charge < -0.3 is 5.11 Å². The molecule has 0 aromatic rings. The fourth-order valence-corrected chi connectivity index (χ4v) is 1.96. The molecule has 0 aromatic heterocycles. The summed E-state index contributed by atoms with van der Waals surface area (Å²) in [5.74, 6) is 0. The van der Waals surface area contributed by atoms with Crippen molar-refractivity contribution >= 4 is 0 Å². The Morgan fingerprint density at radius 3 is 2.77 bits per heavy atom. The molecule has 2 unspecified atom stereocenters. The second-order valence-electron chi connectivity index (χ2n) is 3.86. The van der Waals surface area contributed by atoms with Crippen molar-refractivity contribution in [2.24, 2.45) is 5.41 Å². The smallest absolute Gasteiger partial charge is 0.0855 e. The van der Waals surface area contributed by atoms with Crippen molar-refractivity contribution in [3.8, 4) is 0 Å². The number of aliphatic hydroxyl groups is 1. The summed E-state index contributed by atoms with van der Waals surface area (Å²) in [6, 6.07) is 0. The van der Waals surface area contributed by atoms with Gasteiger partial charge in [-0.3, -0.25) is 0 Å². The minimum absolute atomic E-state index is 0.205. The predicted molar refractivity (Wildman–Crippen MR) is 54.2 cm³/mol. The van der Waals surface area contributed by atoms with E-state index in [1.54, 1.807) is 0 Å². The van der Waals surface area contributed by atoms with Crippen molar-refractivity contribution in [3.63, 3.8) is 0 Å². The first-order valence-electron chi connectivity index (χ1n) is 4.58. The van der Waals surface area contributed by atoms with Crippen LogP contribution in [0.1, 0.15) is 13.8 Å². The van der Waals surface area contributed by atoms with E-state index in [2.05, 4.69) is 32.1 Å². The summed E-state index contributed by atoms with van der Waals surface area (Å²) < 4.78 is 0. The molecule has 0 heterocycles. The summed E-state index contributed by atoms with van der Waals surface area (Å²) in [4.78, 5) is 0. The van der Waals surface area contributed by atoms with Crippen molar-refractivity contribution < 1.29 is 5.11 Å². The third-order valence-corrected chi connectivity index (χ3v) is 3.20. The fourth-order valence-electron chi connectivity index (χ4n) is 1.96. The maximum Gasteiger partial charge on any atom is 0.0855 e. The highest BCUT2D eigenvalue weighted by Crippen LogP contribution is 2.43. The maximum atomic E-state index is 9.93. The van der Waals surface area contributed by atoms with Gasteiger partial charge in [-0.05, 0) is 19.4 Å². The number of hydrogen-bond acceptors (Lipinski definition) is 1. The minimum atomic E-state index is -0.395. The van der Waals surface area contributed by atoms with Gasteiger partial charge >= 0.3 is 0 Å². The highest BCUT2D eigenvalue weighted by molar-refractivity contribution is 5.48. The molecular formula is C12H14O. The first-order valence-corrected chi connectivity index (χ1v) is 4.58. The van der Waals surface area contributed by atoms with Crippen LogP contribution >= 0.6 is 0 Å². The molecule has 1 nitrogen and oxygen atoms in total. The van der Waals surface area contributed by atoms with Gasteiger partial charge in [-0.2, -0.15) is 0 Å². The zero-order valence-corrected chi connectivity index (χ0v) is 7.99. The molecule has 13 heavy (non-hydrogen) atoms. The molecule has 2 aliphatic carbocycles. The molecule has 0 radical (unpaired) electrons. The van der Waals surface area contributed by atoms with Crippen molar-refractivity contribution in [2.75, 3.05) is 0 Å². The van der Waals surface area contributed by atoms with Crippen LogP contribution in [0.3, 0.4) is 0 Å². The normalized spacial score (nSPS) is 36.7. The van der Waals surface area contributed by atoms with E-state index in [-0.39, 0.29) is 5.41 Å². The molecule has 0 aliphatic heterocycles. The van der Waals surface area contributed by atoms with Gasteiger partial charge in [-0.1, -0.05) is 42.0 Å². The summed E-state index contributed by atoms with van der Waals surface area (Å²) in [5.41, 5.74) is 2.21. The molecule has 2 aliphatic rings. The Morgan fingerprint density at radius 2 is 2.08 bits per heavy atom. The molecule has 0 saturated carbocycles. The van der Waals surface area contributed by atoms with Crippen LogP contribution in [0.15, 0.2) is 47.6 Å². The van der Waals surface area contributed by atoms with Gasteiger partial charge in [-0.25, -0.2) is 0 Å². The molecule has 1 heteroatoms. The van der Waals surface area contributed by atoms with E-state index in [0.29, 0.717) is 0 Å². The third kappa shape index (κ3) is 1.04. The highest BCUT2D eigenvalue weighted by atomic mass is 16.3. The number of rotatable bonds is 0. The van der Waals surface area contributed by atoms with E-state index in [0.717, 1.165) is 0 Å². The number of hydrogen-bond donors (Lipinski definition) is 1. The van der Waals surface area contributed by atoms with Crippen LogP contribution in [0.2, 0.25) is 0 Å². The van der Waals surface area contributed by atoms with Crippen LogP contribution in [0.4, 0.5) is 0 Å². The van der Waals surface area contributed by atoms with Gasteiger partial charge in [0, 0.05) is 5.41 Å². The third-order valence-electron chi connectivity index (χ3n) is 3.20. The zero-order chi connectivity index (χ0) is 9.47. The van der Waals surface area contributed by atoms with Crippen LogP contribution in [0.5, 0.6) is 0 Å². The molecule has 0 saturated heterocycles. The second-order valence-corrected chi connectivity index (χ2v) is 3.86. The Bertz CT molecular complexity index is 344. The SMILES string of the molecule is CC1=CC=CC2=CC=CC(O)C12C. The predicted octanol–water partition coefficient (Wildman–Crippen LogP) is 2.37. The summed E-state index contributed by atoms with van der Waals surface area (Å²) in [7, 11) is 0. The first-order chi connectivity index (χ1) is 6.15. The topological polar surface area (TPSA) is 20.2 Å². The molecule has 68 valence electrons. The first kappa shape index (κ1) is 8.52. The Kier molecular flexibility index (Phi) is 1.77. The molecule has 1 N–H and O–H groups in total. The number of fused-ring (bicyclic) bond motifs is 1. The van der Waals surface area contributed by atoms with Crippen molar-refractivity contribution in [1.29, 1.82) is 0 Å². The summed E-state index contributed by atoms with van der Waals surface area (Å²) in [6.45, 7) is 4.15. The van der Waals surface area contributed by atoms with Gasteiger partial charge in [0.05, 0.1) is 6.10 Å². The van der Waals surface area contributed by atoms with Gasteiger partial charge in [-0.15, -0.1) is 0 Å². The lowest BCUT2D eigenvalue weighted by Crippen LogP contribution is -2.36. The van der Waals surface area contributed by atoms with E-state index >= 15 is 0 Å². The van der Waals surface area contributed by atoms with Crippen LogP contribution in [-0.2, 0) is 0 Å². The largest absolute Gasteiger partial charge is 0.388 e. The van der Waals surface area contributed by atoms with E-state index in [9.17, 15) is 5.11 Å². The monoisotopic (exact) mass is 174 g/mol. The standard InChI is InChI=1S/C12H14O/c1-9-5-3-6-10-7-4-8-11(13)12(9,10)2/h3-8,11,13H,1-2H3. The Hall–Kier alpha value is -1.08. The molecule has 0 amide bonds.